The molecule has 92 valence electrons. The van der Waals surface area contributed by atoms with E-state index < -0.39 is 0 Å². The third-order valence-electron chi connectivity index (χ3n) is 2.28. The predicted molar refractivity (Wildman–Crippen MR) is 67.8 cm³/mol. The molecule has 0 saturated carbocycles. The summed E-state index contributed by atoms with van der Waals surface area (Å²) in [4.78, 5) is 24.5. The second-order valence-electron chi connectivity index (χ2n) is 3.80. The second kappa shape index (κ2) is 5.53. The van der Waals surface area contributed by atoms with Crippen molar-refractivity contribution in [1.29, 1.82) is 0 Å². The van der Waals surface area contributed by atoms with E-state index in [1.54, 1.807) is 7.05 Å². The van der Waals surface area contributed by atoms with Crippen molar-refractivity contribution in [2.24, 2.45) is 11.7 Å². The lowest BCUT2D eigenvalue weighted by Gasteiger charge is -2.20. The molecule has 3 N–H and O–H groups in total. The Hall–Kier alpha value is -1.76. The Morgan fingerprint density at radius 2 is 2.29 bits per heavy atom. The molecule has 0 spiro atoms. The summed E-state index contributed by atoms with van der Waals surface area (Å²) in [6, 6.07) is 2.63. The minimum atomic E-state index is -0.347. The molecule has 1 unspecified atom stereocenters. The fourth-order valence-electron chi connectivity index (χ4n) is 1.24. The lowest BCUT2D eigenvalue weighted by Crippen LogP contribution is -2.36. The molecular weight excluding hydrogens is 240 g/mol. The lowest BCUT2D eigenvalue weighted by atomic mass is 10.1. The Labute approximate surface area is 104 Å². The number of hydrogen-bond donors (Lipinski definition) is 2. The number of carbonyl (C=O) groups excluding carboxylic acids is 1. The van der Waals surface area contributed by atoms with Crippen LogP contribution in [0.5, 0.6) is 0 Å². The molecule has 1 aromatic heterocycles. The molecule has 7 heteroatoms. The number of hydrogen-bond acceptors (Lipinski definition) is 4. The average Bonchev–Trinajstić information content (AvgIpc) is 2.28. The highest BCUT2D eigenvalue weighted by Crippen LogP contribution is 2.02. The van der Waals surface area contributed by atoms with E-state index in [0.717, 1.165) is 0 Å². The van der Waals surface area contributed by atoms with Crippen LogP contribution in [0.2, 0.25) is 0 Å². The van der Waals surface area contributed by atoms with E-state index in [1.807, 2.05) is 6.92 Å². The third kappa shape index (κ3) is 3.63. The maximum absolute atomic E-state index is 11.9. The molecule has 1 atom stereocenters. The minimum Gasteiger partial charge on any atom is -0.393 e. The molecule has 0 aliphatic carbocycles. The van der Waals surface area contributed by atoms with Gasteiger partial charge in [-0.1, -0.05) is 19.1 Å². The number of H-pyrrole nitrogens is 1. The van der Waals surface area contributed by atoms with Crippen molar-refractivity contribution in [3.63, 3.8) is 0 Å². The van der Waals surface area contributed by atoms with Crippen molar-refractivity contribution in [2.75, 3.05) is 13.6 Å². The van der Waals surface area contributed by atoms with Crippen LogP contribution in [0.4, 0.5) is 0 Å². The maximum Gasteiger partial charge on any atom is 0.274 e. The SMILES string of the molecule is CC(CN(C)C(=O)c1ccc(=O)[nH]n1)C(N)=S. The topological polar surface area (TPSA) is 92.1 Å². The molecule has 0 fully saturated rings. The molecule has 6 nitrogen and oxygen atoms in total. The maximum atomic E-state index is 11.9. The van der Waals surface area contributed by atoms with Crippen LogP contribution in [0, 0.1) is 5.92 Å². The van der Waals surface area contributed by atoms with Crippen LogP contribution < -0.4 is 11.3 Å². The highest BCUT2D eigenvalue weighted by molar-refractivity contribution is 7.80. The molecule has 0 radical (unpaired) electrons. The Morgan fingerprint density at radius 1 is 1.65 bits per heavy atom. The molecule has 0 aromatic carbocycles. The van der Waals surface area contributed by atoms with Gasteiger partial charge in [-0.3, -0.25) is 9.59 Å². The monoisotopic (exact) mass is 254 g/mol. The summed E-state index contributed by atoms with van der Waals surface area (Å²) in [6.45, 7) is 2.25. The zero-order valence-electron chi connectivity index (χ0n) is 9.64. The van der Waals surface area contributed by atoms with Crippen molar-refractivity contribution in [3.05, 3.63) is 28.2 Å². The van der Waals surface area contributed by atoms with Crippen molar-refractivity contribution in [1.82, 2.24) is 15.1 Å². The van der Waals surface area contributed by atoms with Crippen molar-refractivity contribution < 1.29 is 4.79 Å². The number of amides is 1. The Balaban J connectivity index is 2.73. The van der Waals surface area contributed by atoms with Gasteiger partial charge in [0.2, 0.25) is 0 Å². The fourth-order valence-corrected chi connectivity index (χ4v) is 1.32. The van der Waals surface area contributed by atoms with Crippen LogP contribution in [0.1, 0.15) is 17.4 Å². The van der Waals surface area contributed by atoms with Crippen molar-refractivity contribution in [3.8, 4) is 0 Å². The molecule has 0 bridgehead atoms. The van der Waals surface area contributed by atoms with Gasteiger partial charge in [0, 0.05) is 25.6 Å². The standard InChI is InChI=1S/C10H14N4O2S/c1-6(9(11)17)5-14(2)10(16)7-3-4-8(15)13-12-7/h3-4,6H,5H2,1-2H3,(H2,11,17)(H,13,15). The van der Waals surface area contributed by atoms with Crippen LogP contribution >= 0.6 is 12.2 Å². The molecule has 0 aliphatic rings. The van der Waals surface area contributed by atoms with Gasteiger partial charge >= 0.3 is 0 Å². The first-order valence-electron chi connectivity index (χ1n) is 5.02. The highest BCUT2D eigenvalue weighted by atomic mass is 32.1. The fraction of sp³-hybridized carbons (Fsp3) is 0.400. The first-order valence-corrected chi connectivity index (χ1v) is 5.43. The molecule has 17 heavy (non-hydrogen) atoms. The number of aromatic amines is 1. The molecule has 0 aliphatic heterocycles. The molecule has 0 saturated heterocycles. The van der Waals surface area contributed by atoms with Crippen LogP contribution in [0.15, 0.2) is 16.9 Å². The van der Waals surface area contributed by atoms with Gasteiger partial charge < -0.3 is 10.6 Å². The third-order valence-corrected chi connectivity index (χ3v) is 2.68. The predicted octanol–water partition coefficient (Wildman–Crippen LogP) is -0.236. The first kappa shape index (κ1) is 13.3. The number of thiocarbonyl (C=S) groups is 1. The largest absolute Gasteiger partial charge is 0.393 e. The van der Waals surface area contributed by atoms with E-state index >= 15 is 0 Å². The van der Waals surface area contributed by atoms with Gasteiger partial charge in [0.15, 0.2) is 0 Å². The van der Waals surface area contributed by atoms with Gasteiger partial charge in [-0.2, -0.15) is 5.10 Å². The number of nitrogens with two attached hydrogens (primary N) is 1. The van der Waals surface area contributed by atoms with E-state index in [1.165, 1.54) is 17.0 Å². The van der Waals surface area contributed by atoms with E-state index in [0.29, 0.717) is 11.5 Å². The van der Waals surface area contributed by atoms with Gasteiger partial charge in [-0.25, -0.2) is 5.10 Å². The summed E-state index contributed by atoms with van der Waals surface area (Å²) in [7, 11) is 1.63. The normalized spacial score (nSPS) is 11.9. The number of carbonyl (C=O) groups is 1. The molecule has 1 aromatic rings. The van der Waals surface area contributed by atoms with Gasteiger partial charge in [-0.15, -0.1) is 0 Å². The minimum absolute atomic E-state index is 0.0679. The summed E-state index contributed by atoms with van der Waals surface area (Å²) in [5.74, 6) is -0.355. The Bertz CT molecular complexity index is 465. The average molecular weight is 254 g/mol. The quantitative estimate of drug-likeness (QED) is 0.724. The second-order valence-corrected chi connectivity index (χ2v) is 4.27. The summed E-state index contributed by atoms with van der Waals surface area (Å²) in [5, 5.41) is 5.87. The van der Waals surface area contributed by atoms with Gasteiger partial charge in [0.05, 0.1) is 4.99 Å². The van der Waals surface area contributed by atoms with E-state index in [4.69, 9.17) is 18.0 Å². The smallest absolute Gasteiger partial charge is 0.274 e. The number of nitrogens with one attached hydrogen (secondary N) is 1. The Morgan fingerprint density at radius 3 is 2.76 bits per heavy atom. The molecule has 1 amide bonds. The van der Waals surface area contributed by atoms with Crippen LogP contribution in [0.25, 0.3) is 0 Å². The first-order chi connectivity index (χ1) is 7.91. The highest BCUT2D eigenvalue weighted by Gasteiger charge is 2.16. The number of nitrogens with zero attached hydrogens (tertiary/aromatic N) is 2. The lowest BCUT2D eigenvalue weighted by molar-refractivity contribution is 0.0780. The zero-order valence-corrected chi connectivity index (χ0v) is 10.5. The van der Waals surface area contributed by atoms with Gasteiger partial charge in [0.25, 0.3) is 11.5 Å². The van der Waals surface area contributed by atoms with Crippen LogP contribution in [-0.2, 0) is 0 Å². The van der Waals surface area contributed by atoms with Crippen LogP contribution in [0.3, 0.4) is 0 Å². The van der Waals surface area contributed by atoms with Crippen molar-refractivity contribution >= 4 is 23.1 Å². The summed E-state index contributed by atoms with van der Waals surface area (Å²) in [6.07, 6.45) is 0. The van der Waals surface area contributed by atoms with Gasteiger partial charge in [0.1, 0.15) is 5.69 Å². The molecular formula is C10H14N4O2S. The van der Waals surface area contributed by atoms with Crippen molar-refractivity contribution in [2.45, 2.75) is 6.92 Å². The van der Waals surface area contributed by atoms with Gasteiger partial charge in [-0.05, 0) is 6.07 Å². The van der Waals surface area contributed by atoms with E-state index in [2.05, 4.69) is 10.2 Å². The summed E-state index contributed by atoms with van der Waals surface area (Å²) >= 11 is 4.83. The zero-order chi connectivity index (χ0) is 13.0. The van der Waals surface area contributed by atoms with E-state index in [9.17, 15) is 9.59 Å². The Kier molecular flexibility index (Phi) is 4.33. The summed E-state index contributed by atoms with van der Waals surface area (Å²) in [5.41, 5.74) is 5.31. The van der Waals surface area contributed by atoms with Crippen LogP contribution in [-0.4, -0.2) is 39.6 Å². The molecule has 1 heterocycles. The number of rotatable bonds is 4. The molecule has 1 rings (SSSR count). The summed E-state index contributed by atoms with van der Waals surface area (Å²) < 4.78 is 0. The van der Waals surface area contributed by atoms with E-state index in [-0.39, 0.29) is 23.1 Å². The number of aromatic nitrogens is 2.